The molecule has 1 aliphatic carbocycles. The van der Waals surface area contributed by atoms with Crippen molar-refractivity contribution in [3.05, 3.63) is 23.8 Å². The van der Waals surface area contributed by atoms with Gasteiger partial charge in [-0.1, -0.05) is 30.7 Å². The summed E-state index contributed by atoms with van der Waals surface area (Å²) in [7, 11) is 0. The predicted octanol–water partition coefficient (Wildman–Crippen LogP) is 1.86. The molecule has 2 atom stereocenters. The number of rotatable bonds is 1. The number of hydrogen-bond donors (Lipinski definition) is 1. The van der Waals surface area contributed by atoms with E-state index in [4.69, 9.17) is 5.73 Å². The molecule has 0 radical (unpaired) electrons. The van der Waals surface area contributed by atoms with Crippen molar-refractivity contribution in [3.63, 3.8) is 0 Å². The summed E-state index contributed by atoms with van der Waals surface area (Å²) >= 11 is 0. The van der Waals surface area contributed by atoms with Crippen LogP contribution < -0.4 is 5.73 Å². The van der Waals surface area contributed by atoms with Crippen LogP contribution in [0.15, 0.2) is 23.8 Å². The van der Waals surface area contributed by atoms with Gasteiger partial charge in [0, 0.05) is 6.04 Å². The van der Waals surface area contributed by atoms with Crippen molar-refractivity contribution in [2.75, 3.05) is 0 Å². The van der Waals surface area contributed by atoms with E-state index in [1.54, 1.807) is 0 Å². The minimum atomic E-state index is 0.244. The molecule has 0 aliphatic heterocycles. The molecule has 1 nitrogen and oxygen atoms in total. The summed E-state index contributed by atoms with van der Waals surface area (Å²) in [4.78, 5) is 0. The molecule has 0 saturated heterocycles. The van der Waals surface area contributed by atoms with Gasteiger partial charge in [0.15, 0.2) is 0 Å². The van der Waals surface area contributed by atoms with Gasteiger partial charge in [-0.2, -0.15) is 0 Å². The molecule has 1 rings (SSSR count). The second kappa shape index (κ2) is 3.02. The van der Waals surface area contributed by atoms with Crippen molar-refractivity contribution in [1.29, 1.82) is 0 Å². The molecule has 1 heteroatoms. The van der Waals surface area contributed by atoms with Crippen molar-refractivity contribution in [1.82, 2.24) is 0 Å². The Morgan fingerprint density at radius 3 is 2.80 bits per heavy atom. The third kappa shape index (κ3) is 1.48. The van der Waals surface area contributed by atoms with Crippen LogP contribution in [0.4, 0.5) is 0 Å². The highest BCUT2D eigenvalue weighted by molar-refractivity contribution is 5.24. The maximum atomic E-state index is 5.82. The highest BCUT2D eigenvalue weighted by Crippen LogP contribution is 2.17. The molecule has 0 heterocycles. The minimum absolute atomic E-state index is 0.244. The molecule has 2 N–H and O–H groups in total. The van der Waals surface area contributed by atoms with E-state index in [0.717, 1.165) is 6.42 Å². The first-order valence-corrected chi connectivity index (χ1v) is 3.86. The maximum Gasteiger partial charge on any atom is 0.0290 e. The molecule has 0 fully saturated rings. The van der Waals surface area contributed by atoms with Crippen LogP contribution in [0.3, 0.4) is 0 Å². The van der Waals surface area contributed by atoms with E-state index in [1.165, 1.54) is 5.57 Å². The Bertz CT molecular complexity index is 168. The highest BCUT2D eigenvalue weighted by Gasteiger charge is 2.12. The monoisotopic (exact) mass is 137 g/mol. The number of hydrogen-bond acceptors (Lipinski definition) is 1. The normalized spacial score (nSPS) is 32.1. The molecule has 2 unspecified atom stereocenters. The van der Waals surface area contributed by atoms with E-state index in [-0.39, 0.29) is 6.04 Å². The van der Waals surface area contributed by atoms with E-state index in [2.05, 4.69) is 32.1 Å². The largest absolute Gasteiger partial charge is 0.324 e. The average molecular weight is 137 g/mol. The van der Waals surface area contributed by atoms with E-state index >= 15 is 0 Å². The topological polar surface area (TPSA) is 26.0 Å². The fourth-order valence-corrected chi connectivity index (χ4v) is 1.30. The van der Waals surface area contributed by atoms with Crippen LogP contribution in [-0.4, -0.2) is 6.04 Å². The van der Waals surface area contributed by atoms with Crippen molar-refractivity contribution < 1.29 is 0 Å². The van der Waals surface area contributed by atoms with Gasteiger partial charge in [-0.05, 0) is 19.3 Å². The van der Waals surface area contributed by atoms with Gasteiger partial charge in [0.05, 0.1) is 0 Å². The Balaban J connectivity index is 2.67. The fraction of sp³-hybridized carbons (Fsp3) is 0.556. The van der Waals surface area contributed by atoms with Gasteiger partial charge >= 0.3 is 0 Å². The van der Waals surface area contributed by atoms with Gasteiger partial charge in [-0.3, -0.25) is 0 Å². The van der Waals surface area contributed by atoms with Crippen LogP contribution in [0, 0.1) is 5.92 Å². The molecule has 56 valence electrons. The first-order valence-electron chi connectivity index (χ1n) is 3.86. The van der Waals surface area contributed by atoms with Gasteiger partial charge in [0.2, 0.25) is 0 Å². The van der Waals surface area contributed by atoms with Crippen LogP contribution >= 0.6 is 0 Å². The Hall–Kier alpha value is -0.560. The van der Waals surface area contributed by atoms with Crippen LogP contribution in [0.5, 0.6) is 0 Å². The zero-order chi connectivity index (χ0) is 7.56. The molecule has 0 aromatic rings. The average Bonchev–Trinajstić information content (AvgIpc) is 1.94. The summed E-state index contributed by atoms with van der Waals surface area (Å²) in [6, 6.07) is 0.244. The Kier molecular flexibility index (Phi) is 2.28. The molecular weight excluding hydrogens is 122 g/mol. The first-order chi connectivity index (χ1) is 4.74. The maximum absolute atomic E-state index is 5.82. The summed E-state index contributed by atoms with van der Waals surface area (Å²) in [5.41, 5.74) is 7.16. The summed E-state index contributed by atoms with van der Waals surface area (Å²) in [6.07, 6.45) is 7.58. The Morgan fingerprint density at radius 1 is 1.60 bits per heavy atom. The van der Waals surface area contributed by atoms with Gasteiger partial charge < -0.3 is 5.73 Å². The van der Waals surface area contributed by atoms with Crippen LogP contribution in [-0.2, 0) is 0 Å². The Labute approximate surface area is 62.6 Å². The molecule has 0 amide bonds. The lowest BCUT2D eigenvalue weighted by Gasteiger charge is -2.19. The van der Waals surface area contributed by atoms with E-state index < -0.39 is 0 Å². The summed E-state index contributed by atoms with van der Waals surface area (Å²) in [5, 5.41) is 0. The van der Waals surface area contributed by atoms with Gasteiger partial charge in [-0.25, -0.2) is 0 Å². The predicted molar refractivity (Wildman–Crippen MR) is 44.7 cm³/mol. The lowest BCUT2D eigenvalue weighted by atomic mass is 9.91. The minimum Gasteiger partial charge on any atom is -0.324 e. The second-order valence-corrected chi connectivity index (χ2v) is 2.92. The van der Waals surface area contributed by atoms with Crippen LogP contribution in [0.25, 0.3) is 0 Å². The zero-order valence-electron chi connectivity index (χ0n) is 6.67. The molecular formula is C9H15N. The lowest BCUT2D eigenvalue weighted by Crippen LogP contribution is -2.27. The van der Waals surface area contributed by atoms with Crippen molar-refractivity contribution in [3.8, 4) is 0 Å². The van der Waals surface area contributed by atoms with Crippen molar-refractivity contribution in [2.24, 2.45) is 11.7 Å². The van der Waals surface area contributed by atoms with E-state index in [0.29, 0.717) is 5.92 Å². The standard InChI is InChI=1S/C9H15N/c1-3-8-6-7(2)4-5-9(8)10/h4-6,8-9H,3,10H2,1-2H3. The Morgan fingerprint density at radius 2 is 2.30 bits per heavy atom. The van der Waals surface area contributed by atoms with Crippen LogP contribution in [0.2, 0.25) is 0 Å². The third-order valence-electron chi connectivity index (χ3n) is 2.02. The first kappa shape index (κ1) is 7.55. The molecule has 0 aromatic carbocycles. The van der Waals surface area contributed by atoms with Crippen molar-refractivity contribution in [2.45, 2.75) is 26.3 Å². The molecule has 0 bridgehead atoms. The molecule has 0 spiro atoms. The molecule has 1 aliphatic rings. The lowest BCUT2D eigenvalue weighted by molar-refractivity contribution is 0.549. The summed E-state index contributed by atoms with van der Waals surface area (Å²) in [6.45, 7) is 4.29. The van der Waals surface area contributed by atoms with Crippen LogP contribution in [0.1, 0.15) is 20.3 Å². The quantitative estimate of drug-likeness (QED) is 0.586. The highest BCUT2D eigenvalue weighted by atomic mass is 14.6. The SMILES string of the molecule is CCC1C=C(C)C=CC1N. The summed E-state index contributed by atoms with van der Waals surface area (Å²) < 4.78 is 0. The van der Waals surface area contributed by atoms with Crippen molar-refractivity contribution >= 4 is 0 Å². The molecule has 10 heavy (non-hydrogen) atoms. The number of nitrogens with two attached hydrogens (primary N) is 1. The smallest absolute Gasteiger partial charge is 0.0290 e. The summed E-state index contributed by atoms with van der Waals surface area (Å²) in [5.74, 6) is 0.560. The fourth-order valence-electron chi connectivity index (χ4n) is 1.30. The van der Waals surface area contributed by atoms with Gasteiger partial charge in [-0.15, -0.1) is 0 Å². The van der Waals surface area contributed by atoms with E-state index in [9.17, 15) is 0 Å². The zero-order valence-corrected chi connectivity index (χ0v) is 6.67. The molecule has 0 saturated carbocycles. The second-order valence-electron chi connectivity index (χ2n) is 2.92. The van der Waals surface area contributed by atoms with E-state index in [1.807, 2.05) is 0 Å². The molecule has 0 aromatic heterocycles. The number of allylic oxidation sites excluding steroid dienone is 2. The van der Waals surface area contributed by atoms with Gasteiger partial charge in [0.25, 0.3) is 0 Å². The van der Waals surface area contributed by atoms with Gasteiger partial charge in [0.1, 0.15) is 0 Å². The third-order valence-corrected chi connectivity index (χ3v) is 2.02.